The summed E-state index contributed by atoms with van der Waals surface area (Å²) in [7, 11) is -0.964. The minimum absolute atomic E-state index is 0.000199. The second-order valence-electron chi connectivity index (χ2n) is 9.22. The molecule has 0 saturated heterocycles. The number of alkyl halides is 3. The third-order valence-electron chi connectivity index (χ3n) is 6.39. The zero-order valence-corrected chi connectivity index (χ0v) is 22.2. The summed E-state index contributed by atoms with van der Waals surface area (Å²) in [6, 6.07) is 8.06. The summed E-state index contributed by atoms with van der Waals surface area (Å²) in [5.74, 6) is -1.04. The number of nitrogens with zero attached hydrogens (tertiary/aromatic N) is 1. The monoisotopic (exact) mass is 544 g/mol. The van der Waals surface area contributed by atoms with Crippen LogP contribution in [0.5, 0.6) is 5.75 Å². The smallest absolute Gasteiger partial charge is 0.417 e. The summed E-state index contributed by atoms with van der Waals surface area (Å²) in [6.07, 6.45) is -6.01. The van der Waals surface area contributed by atoms with E-state index in [1.165, 1.54) is 51.4 Å². The lowest BCUT2D eigenvalue weighted by atomic mass is 9.83. The molecule has 3 aromatic rings. The number of aliphatic hydroxyl groups is 1. The Morgan fingerprint density at radius 3 is 2.43 bits per heavy atom. The topological polar surface area (TPSA) is 82.6 Å². The lowest BCUT2D eigenvalue weighted by molar-refractivity contribution is -0.263. The number of aromatic nitrogens is 1. The lowest BCUT2D eigenvalue weighted by Crippen LogP contribution is -2.48. The molecule has 6 nitrogen and oxygen atoms in total. The molecule has 204 valence electrons. The van der Waals surface area contributed by atoms with Gasteiger partial charge in [0.1, 0.15) is 11.6 Å². The summed E-state index contributed by atoms with van der Waals surface area (Å²) in [6.45, 7) is 5.82. The van der Waals surface area contributed by atoms with Gasteiger partial charge >= 0.3 is 6.18 Å². The van der Waals surface area contributed by atoms with Crippen LogP contribution in [0.15, 0.2) is 41.3 Å². The van der Waals surface area contributed by atoms with Gasteiger partial charge in [0, 0.05) is 54.7 Å². The van der Waals surface area contributed by atoms with E-state index in [9.17, 15) is 31.1 Å². The van der Waals surface area contributed by atoms with Crippen molar-refractivity contribution in [3.63, 3.8) is 0 Å². The Bertz CT molecular complexity index is 1370. The average Bonchev–Trinajstić information content (AvgIpc) is 3.44. The van der Waals surface area contributed by atoms with Crippen LogP contribution in [-0.4, -0.2) is 55.3 Å². The predicted molar refractivity (Wildman–Crippen MR) is 134 cm³/mol. The van der Waals surface area contributed by atoms with Crippen LogP contribution in [0.1, 0.15) is 49.9 Å². The summed E-state index contributed by atoms with van der Waals surface area (Å²) in [4.78, 5) is 2.84. The number of rotatable bonds is 7. The number of halogens is 4. The van der Waals surface area contributed by atoms with Gasteiger partial charge in [-0.3, -0.25) is 0 Å². The molecule has 2 unspecified atom stereocenters. The summed E-state index contributed by atoms with van der Waals surface area (Å²) in [5, 5.41) is 11.3. The van der Waals surface area contributed by atoms with Crippen molar-refractivity contribution in [1.82, 2.24) is 9.29 Å². The van der Waals surface area contributed by atoms with Crippen molar-refractivity contribution in [2.75, 3.05) is 20.7 Å². The van der Waals surface area contributed by atoms with Crippen molar-refractivity contribution in [2.24, 2.45) is 0 Å². The van der Waals surface area contributed by atoms with Crippen LogP contribution in [0.3, 0.4) is 0 Å². The minimum atomic E-state index is -4.98. The van der Waals surface area contributed by atoms with E-state index in [4.69, 9.17) is 4.74 Å². The molecule has 0 radical (unpaired) electrons. The van der Waals surface area contributed by atoms with E-state index in [1.54, 1.807) is 0 Å². The van der Waals surface area contributed by atoms with Gasteiger partial charge in [-0.05, 0) is 48.7 Å². The van der Waals surface area contributed by atoms with Crippen molar-refractivity contribution >= 4 is 20.9 Å². The Hall–Kier alpha value is -2.63. The molecule has 0 bridgehead atoms. The number of benzene rings is 2. The number of hydrogen-bond donors (Lipinski definition) is 2. The largest absolute Gasteiger partial charge is 0.493 e. The van der Waals surface area contributed by atoms with E-state index in [1.807, 2.05) is 13.8 Å². The highest BCUT2D eigenvalue weighted by molar-refractivity contribution is 7.89. The van der Waals surface area contributed by atoms with Crippen LogP contribution >= 0.6 is 0 Å². The number of sulfonamides is 1. The normalized spacial score (nSPS) is 16.1. The summed E-state index contributed by atoms with van der Waals surface area (Å²) in [5.41, 5.74) is -1.71. The zero-order chi connectivity index (χ0) is 27.8. The number of ether oxygens (including phenoxy) is 1. The highest BCUT2D eigenvalue weighted by Gasteiger charge is 2.54. The molecule has 1 aromatic heterocycles. The van der Waals surface area contributed by atoms with Crippen molar-refractivity contribution in [2.45, 2.75) is 62.6 Å². The molecule has 0 amide bonds. The molecule has 11 heteroatoms. The van der Waals surface area contributed by atoms with Gasteiger partial charge in [0.05, 0.1) is 11.5 Å². The number of hydrogen-bond acceptors (Lipinski definition) is 4. The van der Waals surface area contributed by atoms with Crippen LogP contribution in [0, 0.1) is 5.82 Å². The van der Waals surface area contributed by atoms with E-state index in [2.05, 4.69) is 4.98 Å². The SMILES string of the molecule is CC.CC(CC(O)(Cc1cc2cc(S(=O)(=O)N(C)C)ccc2[nH]1)C(F)(F)F)c1cc(F)cc2c1OCC2. The highest BCUT2D eigenvalue weighted by atomic mass is 32.2. The fraction of sp³-hybridized carbons (Fsp3) is 0.462. The quantitative estimate of drug-likeness (QED) is 0.382. The van der Waals surface area contributed by atoms with Gasteiger partial charge in [-0.15, -0.1) is 0 Å². The molecular weight excluding hydrogens is 512 g/mol. The molecule has 37 heavy (non-hydrogen) atoms. The minimum Gasteiger partial charge on any atom is -0.493 e. The maximum absolute atomic E-state index is 14.1. The van der Waals surface area contributed by atoms with Crippen LogP contribution in [0.4, 0.5) is 17.6 Å². The van der Waals surface area contributed by atoms with E-state index in [-0.39, 0.29) is 16.2 Å². The molecule has 1 aliphatic rings. The Kier molecular flexibility index (Phi) is 8.31. The zero-order valence-electron chi connectivity index (χ0n) is 21.4. The van der Waals surface area contributed by atoms with Gasteiger partial charge in [0.25, 0.3) is 0 Å². The lowest BCUT2D eigenvalue weighted by Gasteiger charge is -2.33. The molecule has 2 N–H and O–H groups in total. The van der Waals surface area contributed by atoms with Crippen LogP contribution in [-0.2, 0) is 22.9 Å². The molecule has 0 saturated carbocycles. The Labute approximate surface area is 214 Å². The van der Waals surface area contributed by atoms with Crippen molar-refractivity contribution in [1.29, 1.82) is 0 Å². The van der Waals surface area contributed by atoms with Gasteiger partial charge in [0.15, 0.2) is 5.60 Å². The fourth-order valence-corrected chi connectivity index (χ4v) is 5.46. The Balaban J connectivity index is 0.00000186. The van der Waals surface area contributed by atoms with Crippen molar-refractivity contribution in [3.8, 4) is 5.75 Å². The molecule has 0 aliphatic carbocycles. The molecule has 2 aromatic carbocycles. The summed E-state index contributed by atoms with van der Waals surface area (Å²) >= 11 is 0. The second-order valence-corrected chi connectivity index (χ2v) is 11.4. The van der Waals surface area contributed by atoms with E-state index in [0.717, 1.165) is 10.4 Å². The molecular formula is C26H32F4N2O4S. The highest BCUT2D eigenvalue weighted by Crippen LogP contribution is 2.44. The van der Waals surface area contributed by atoms with Gasteiger partial charge < -0.3 is 14.8 Å². The van der Waals surface area contributed by atoms with E-state index >= 15 is 0 Å². The maximum Gasteiger partial charge on any atom is 0.417 e. The molecule has 0 fully saturated rings. The van der Waals surface area contributed by atoms with Crippen LogP contribution in [0.25, 0.3) is 10.9 Å². The molecule has 1 aliphatic heterocycles. The second kappa shape index (κ2) is 10.6. The summed E-state index contributed by atoms with van der Waals surface area (Å²) < 4.78 is 87.8. The first-order valence-corrected chi connectivity index (χ1v) is 13.4. The number of aromatic amines is 1. The molecule has 2 atom stereocenters. The average molecular weight is 545 g/mol. The van der Waals surface area contributed by atoms with Gasteiger partial charge in [0.2, 0.25) is 10.0 Å². The van der Waals surface area contributed by atoms with Crippen LogP contribution < -0.4 is 4.74 Å². The first-order valence-electron chi connectivity index (χ1n) is 12.0. The molecule has 2 heterocycles. The van der Waals surface area contributed by atoms with E-state index < -0.39 is 46.4 Å². The fourth-order valence-electron chi connectivity index (χ4n) is 4.52. The maximum atomic E-state index is 14.1. The standard InChI is InChI=1S/C24H26F4N2O4S.C2H6/c1-14(20-11-17(25)8-15-6-7-34-22(15)20)12-23(31,24(26,27)28)13-18-9-16-10-19(4-5-21(16)29-18)35(32,33)30(2)3;1-2/h4-5,8-11,14,29,31H,6-7,12-13H2,1-3H3;1-2H3. The Morgan fingerprint density at radius 2 is 1.81 bits per heavy atom. The van der Waals surface area contributed by atoms with E-state index in [0.29, 0.717) is 35.2 Å². The first-order chi connectivity index (χ1) is 17.2. The van der Waals surface area contributed by atoms with Gasteiger partial charge in [-0.1, -0.05) is 20.8 Å². The Morgan fingerprint density at radius 1 is 1.14 bits per heavy atom. The van der Waals surface area contributed by atoms with Crippen LogP contribution in [0.2, 0.25) is 0 Å². The first kappa shape index (κ1) is 28.9. The molecule has 0 spiro atoms. The molecule has 4 rings (SSSR count). The van der Waals surface area contributed by atoms with Crippen molar-refractivity contribution < 1.29 is 35.8 Å². The van der Waals surface area contributed by atoms with Crippen molar-refractivity contribution in [3.05, 3.63) is 59.0 Å². The third kappa shape index (κ3) is 5.78. The third-order valence-corrected chi connectivity index (χ3v) is 8.20. The number of fused-ring (bicyclic) bond motifs is 2. The number of nitrogens with one attached hydrogen (secondary N) is 1. The van der Waals surface area contributed by atoms with Gasteiger partial charge in [-0.25, -0.2) is 17.1 Å². The number of H-pyrrole nitrogens is 1. The van der Waals surface area contributed by atoms with Gasteiger partial charge in [-0.2, -0.15) is 13.2 Å². The predicted octanol–water partition coefficient (Wildman–Crippen LogP) is 5.55.